The molecule has 0 N–H and O–H groups in total. The normalized spacial score (nSPS) is 10.3. The summed E-state index contributed by atoms with van der Waals surface area (Å²) in [4.78, 5) is 3.97. The Labute approximate surface area is 107 Å². The second kappa shape index (κ2) is 5.01. The predicted octanol–water partition coefficient (Wildman–Crippen LogP) is 2.38. The first-order chi connectivity index (χ1) is 8.65. The molecule has 0 radical (unpaired) electrons. The molecule has 0 aliphatic heterocycles. The summed E-state index contributed by atoms with van der Waals surface area (Å²) >= 11 is 0. The first-order valence-electron chi connectivity index (χ1n) is 6.03. The molecule has 0 spiro atoms. The second-order valence-electron chi connectivity index (χ2n) is 4.32. The van der Waals surface area contributed by atoms with E-state index in [2.05, 4.69) is 30.0 Å². The topological polar surface area (TPSA) is 54.5 Å². The van der Waals surface area contributed by atoms with Crippen LogP contribution in [0.3, 0.4) is 0 Å². The number of nitriles is 1. The Morgan fingerprint density at radius 2 is 2.17 bits per heavy atom. The molecule has 4 heteroatoms. The molecule has 2 heterocycles. The third-order valence-electron chi connectivity index (χ3n) is 3.16. The fraction of sp³-hybridized carbons (Fsp3) is 0.357. The summed E-state index contributed by atoms with van der Waals surface area (Å²) in [5, 5.41) is 13.4. The minimum Gasteiger partial charge on any atom is -0.265 e. The van der Waals surface area contributed by atoms with Crippen LogP contribution in [0.25, 0.3) is 0 Å². The van der Waals surface area contributed by atoms with Gasteiger partial charge in [-0.25, -0.2) is 4.98 Å². The second-order valence-corrected chi connectivity index (χ2v) is 4.32. The number of pyridine rings is 1. The molecule has 0 bridgehead atoms. The molecule has 0 atom stereocenters. The van der Waals surface area contributed by atoms with Crippen molar-refractivity contribution in [2.45, 2.75) is 33.7 Å². The SMILES string of the molecule is CCc1c(C)nn(Cc2ccnc(C#N)c2)c1C. The highest BCUT2D eigenvalue weighted by Gasteiger charge is 2.09. The molecule has 2 aromatic heterocycles. The van der Waals surface area contributed by atoms with E-state index in [-0.39, 0.29) is 0 Å². The van der Waals surface area contributed by atoms with Crippen LogP contribution < -0.4 is 0 Å². The van der Waals surface area contributed by atoms with Crippen molar-refractivity contribution in [3.8, 4) is 6.07 Å². The van der Waals surface area contributed by atoms with Crippen LogP contribution in [0.15, 0.2) is 18.3 Å². The van der Waals surface area contributed by atoms with Gasteiger partial charge in [0.05, 0.1) is 12.2 Å². The average Bonchev–Trinajstić information content (AvgIpc) is 2.64. The maximum absolute atomic E-state index is 8.83. The molecular formula is C14H16N4. The zero-order chi connectivity index (χ0) is 13.1. The van der Waals surface area contributed by atoms with Gasteiger partial charge in [-0.2, -0.15) is 10.4 Å². The molecule has 92 valence electrons. The Morgan fingerprint density at radius 3 is 2.78 bits per heavy atom. The van der Waals surface area contributed by atoms with Gasteiger partial charge in [0.15, 0.2) is 0 Å². The van der Waals surface area contributed by atoms with Crippen LogP contribution in [-0.2, 0) is 13.0 Å². The van der Waals surface area contributed by atoms with Crippen molar-refractivity contribution in [2.75, 3.05) is 0 Å². The van der Waals surface area contributed by atoms with Crippen molar-refractivity contribution < 1.29 is 0 Å². The van der Waals surface area contributed by atoms with E-state index < -0.39 is 0 Å². The molecule has 0 unspecified atom stereocenters. The molecule has 0 saturated heterocycles. The van der Waals surface area contributed by atoms with Gasteiger partial charge in [-0.05, 0) is 43.5 Å². The van der Waals surface area contributed by atoms with Crippen molar-refractivity contribution in [1.29, 1.82) is 5.26 Å². The summed E-state index contributed by atoms with van der Waals surface area (Å²) in [6.45, 7) is 6.95. The monoisotopic (exact) mass is 240 g/mol. The molecule has 0 amide bonds. The summed E-state index contributed by atoms with van der Waals surface area (Å²) < 4.78 is 1.99. The quantitative estimate of drug-likeness (QED) is 0.827. The lowest BCUT2D eigenvalue weighted by Crippen LogP contribution is -2.05. The van der Waals surface area contributed by atoms with Gasteiger partial charge in [0.25, 0.3) is 0 Å². The van der Waals surface area contributed by atoms with Crippen molar-refractivity contribution >= 4 is 0 Å². The molecular weight excluding hydrogens is 224 g/mol. The number of aromatic nitrogens is 3. The Kier molecular flexibility index (Phi) is 3.42. The van der Waals surface area contributed by atoms with Crippen LogP contribution in [0.2, 0.25) is 0 Å². The van der Waals surface area contributed by atoms with E-state index in [9.17, 15) is 0 Å². The highest BCUT2D eigenvalue weighted by Crippen LogP contribution is 2.15. The van der Waals surface area contributed by atoms with Crippen LogP contribution in [-0.4, -0.2) is 14.8 Å². The molecule has 0 saturated carbocycles. The first-order valence-corrected chi connectivity index (χ1v) is 6.03. The molecule has 2 aromatic rings. The molecule has 18 heavy (non-hydrogen) atoms. The Morgan fingerprint density at radius 1 is 1.39 bits per heavy atom. The van der Waals surface area contributed by atoms with Gasteiger partial charge >= 0.3 is 0 Å². The van der Waals surface area contributed by atoms with Crippen molar-refractivity contribution in [3.63, 3.8) is 0 Å². The van der Waals surface area contributed by atoms with Crippen LogP contribution >= 0.6 is 0 Å². The molecule has 4 nitrogen and oxygen atoms in total. The summed E-state index contributed by atoms with van der Waals surface area (Å²) in [6, 6.07) is 5.78. The third-order valence-corrected chi connectivity index (χ3v) is 3.16. The standard InChI is InChI=1S/C14H16N4/c1-4-14-10(2)17-18(11(14)3)9-12-5-6-16-13(7-12)8-15/h5-7H,4,9H2,1-3H3. The van der Waals surface area contributed by atoms with Crippen LogP contribution in [0.5, 0.6) is 0 Å². The van der Waals surface area contributed by atoms with Crippen LogP contribution in [0.1, 0.15) is 35.1 Å². The lowest BCUT2D eigenvalue weighted by Gasteiger charge is -2.05. The lowest BCUT2D eigenvalue weighted by molar-refractivity contribution is 0.657. The zero-order valence-corrected chi connectivity index (χ0v) is 10.9. The van der Waals surface area contributed by atoms with Crippen LogP contribution in [0.4, 0.5) is 0 Å². The Balaban J connectivity index is 2.32. The number of hydrogen-bond acceptors (Lipinski definition) is 3. The lowest BCUT2D eigenvalue weighted by atomic mass is 10.1. The molecule has 2 rings (SSSR count). The Hall–Kier alpha value is -2.15. The van der Waals surface area contributed by atoms with Crippen molar-refractivity contribution in [2.24, 2.45) is 0 Å². The molecule has 0 fully saturated rings. The van der Waals surface area contributed by atoms with Crippen molar-refractivity contribution in [1.82, 2.24) is 14.8 Å². The number of nitrogens with zero attached hydrogens (tertiary/aromatic N) is 4. The van der Waals surface area contributed by atoms with Crippen LogP contribution in [0, 0.1) is 25.2 Å². The fourth-order valence-corrected chi connectivity index (χ4v) is 2.21. The maximum atomic E-state index is 8.83. The number of hydrogen-bond donors (Lipinski definition) is 0. The Bertz CT molecular complexity index is 605. The van der Waals surface area contributed by atoms with Gasteiger partial charge in [-0.15, -0.1) is 0 Å². The number of rotatable bonds is 3. The van der Waals surface area contributed by atoms with Gasteiger partial charge in [0, 0.05) is 11.9 Å². The average molecular weight is 240 g/mol. The van der Waals surface area contributed by atoms with E-state index in [0.29, 0.717) is 12.2 Å². The maximum Gasteiger partial charge on any atom is 0.140 e. The largest absolute Gasteiger partial charge is 0.265 e. The van der Waals surface area contributed by atoms with E-state index in [4.69, 9.17) is 5.26 Å². The van der Waals surface area contributed by atoms with Gasteiger partial charge in [-0.1, -0.05) is 6.92 Å². The highest BCUT2D eigenvalue weighted by molar-refractivity contribution is 5.28. The highest BCUT2D eigenvalue weighted by atomic mass is 15.3. The third kappa shape index (κ3) is 2.25. The van der Waals surface area contributed by atoms with Gasteiger partial charge in [0.1, 0.15) is 11.8 Å². The minimum atomic E-state index is 0.449. The fourth-order valence-electron chi connectivity index (χ4n) is 2.21. The summed E-state index contributed by atoms with van der Waals surface area (Å²) in [7, 11) is 0. The smallest absolute Gasteiger partial charge is 0.140 e. The van der Waals surface area contributed by atoms with Crippen molar-refractivity contribution in [3.05, 3.63) is 46.5 Å². The van der Waals surface area contributed by atoms with Gasteiger partial charge in [0.2, 0.25) is 0 Å². The van der Waals surface area contributed by atoms with E-state index in [1.807, 2.05) is 23.7 Å². The minimum absolute atomic E-state index is 0.449. The van der Waals surface area contributed by atoms with Gasteiger partial charge < -0.3 is 0 Å². The summed E-state index contributed by atoms with van der Waals surface area (Å²) in [6.07, 6.45) is 2.66. The van der Waals surface area contributed by atoms with E-state index >= 15 is 0 Å². The molecule has 0 aromatic carbocycles. The first kappa shape index (κ1) is 12.3. The molecule has 0 aliphatic rings. The van der Waals surface area contributed by atoms with Gasteiger partial charge in [-0.3, -0.25) is 4.68 Å². The van der Waals surface area contributed by atoms with E-state index in [0.717, 1.165) is 17.7 Å². The summed E-state index contributed by atoms with van der Waals surface area (Å²) in [5.74, 6) is 0. The predicted molar refractivity (Wildman–Crippen MR) is 69.1 cm³/mol. The van der Waals surface area contributed by atoms with E-state index in [1.54, 1.807) is 6.20 Å². The molecule has 0 aliphatic carbocycles. The zero-order valence-electron chi connectivity index (χ0n) is 10.9. The summed E-state index contributed by atoms with van der Waals surface area (Å²) in [5.41, 5.74) is 5.10. The number of aryl methyl sites for hydroxylation is 1. The van der Waals surface area contributed by atoms with E-state index in [1.165, 1.54) is 11.3 Å².